The number of nitrogens with zero attached hydrogens (tertiary/aromatic N) is 1. The Bertz CT molecular complexity index is 520. The fraction of sp³-hybridized carbons (Fsp3) is 0.625. The molecule has 2 aliphatic rings. The normalized spacial score (nSPS) is 25.2. The lowest BCUT2D eigenvalue weighted by Gasteiger charge is -2.49. The fourth-order valence-electron chi connectivity index (χ4n) is 3.59. The maximum Gasteiger partial charge on any atom is 0.246 e. The van der Waals surface area contributed by atoms with Crippen LogP contribution in [0.3, 0.4) is 0 Å². The Balaban J connectivity index is 1.83. The first-order chi connectivity index (χ1) is 10.1. The van der Waals surface area contributed by atoms with Crippen molar-refractivity contribution in [2.45, 2.75) is 57.0 Å². The molecule has 2 fully saturated rings. The first-order valence-electron chi connectivity index (χ1n) is 7.78. The highest BCUT2D eigenvalue weighted by atomic mass is 32.1. The molecule has 1 saturated carbocycles. The van der Waals surface area contributed by atoms with Gasteiger partial charge in [0.05, 0.1) is 0 Å². The van der Waals surface area contributed by atoms with Gasteiger partial charge in [0.2, 0.25) is 11.8 Å². The first-order valence-corrected chi connectivity index (χ1v) is 8.66. The molecule has 0 radical (unpaired) electrons. The van der Waals surface area contributed by atoms with Gasteiger partial charge in [0.15, 0.2) is 0 Å². The summed E-state index contributed by atoms with van der Waals surface area (Å²) >= 11 is 1.71. The van der Waals surface area contributed by atoms with Gasteiger partial charge in [-0.25, -0.2) is 0 Å². The van der Waals surface area contributed by atoms with Gasteiger partial charge >= 0.3 is 0 Å². The van der Waals surface area contributed by atoms with E-state index in [1.54, 1.807) is 18.3 Å². The van der Waals surface area contributed by atoms with Crippen LogP contribution in [-0.4, -0.2) is 34.8 Å². The van der Waals surface area contributed by atoms with E-state index in [1.165, 1.54) is 4.88 Å². The number of carbonyl (C=O) groups excluding carboxylic acids is 2. The van der Waals surface area contributed by atoms with E-state index in [-0.39, 0.29) is 11.8 Å². The van der Waals surface area contributed by atoms with Crippen LogP contribution in [0.15, 0.2) is 17.5 Å². The lowest BCUT2D eigenvalue weighted by atomic mass is 9.77. The minimum absolute atomic E-state index is 0.0560. The van der Waals surface area contributed by atoms with Gasteiger partial charge in [0, 0.05) is 11.4 Å². The van der Waals surface area contributed by atoms with Gasteiger partial charge in [-0.05, 0) is 37.6 Å². The second-order valence-electron chi connectivity index (χ2n) is 6.11. The second-order valence-corrected chi connectivity index (χ2v) is 7.14. The summed E-state index contributed by atoms with van der Waals surface area (Å²) in [5.74, 6) is 0.133. The number of thiophene rings is 1. The Labute approximate surface area is 129 Å². The second kappa shape index (κ2) is 5.79. The van der Waals surface area contributed by atoms with Gasteiger partial charge in [-0.3, -0.25) is 9.59 Å². The van der Waals surface area contributed by atoms with E-state index < -0.39 is 11.6 Å². The quantitative estimate of drug-likeness (QED) is 0.932. The molecule has 1 atom stereocenters. The van der Waals surface area contributed by atoms with Crippen molar-refractivity contribution in [2.75, 3.05) is 6.54 Å². The van der Waals surface area contributed by atoms with Crippen molar-refractivity contribution in [3.05, 3.63) is 22.4 Å². The third-order valence-corrected chi connectivity index (χ3v) is 5.70. The van der Waals surface area contributed by atoms with Crippen LogP contribution in [0.4, 0.5) is 0 Å². The molecule has 1 N–H and O–H groups in total. The molecule has 3 rings (SSSR count). The highest BCUT2D eigenvalue weighted by molar-refractivity contribution is 7.09. The topological polar surface area (TPSA) is 49.4 Å². The van der Waals surface area contributed by atoms with Crippen LogP contribution in [0.1, 0.15) is 43.9 Å². The first kappa shape index (κ1) is 14.6. The molecule has 0 aromatic carbocycles. The standard InChI is InChI=1S/C16H22N2O2S/c1-12-14(19)18(10-7-13-6-5-11-21-13)16(15(20)17-12)8-3-2-4-9-16/h5-6,11-12H,2-4,7-10H2,1H3,(H,17,20). The lowest BCUT2D eigenvalue weighted by molar-refractivity contribution is -0.159. The zero-order valence-electron chi connectivity index (χ0n) is 12.4. The van der Waals surface area contributed by atoms with Crippen molar-refractivity contribution in [2.24, 2.45) is 0 Å². The minimum Gasteiger partial charge on any atom is -0.343 e. The third kappa shape index (κ3) is 2.59. The predicted octanol–water partition coefficient (Wildman–Crippen LogP) is 2.34. The number of amides is 2. The molecule has 1 aliphatic heterocycles. The number of hydrogen-bond acceptors (Lipinski definition) is 3. The summed E-state index contributed by atoms with van der Waals surface area (Å²) in [5, 5.41) is 4.94. The molecule has 1 saturated heterocycles. The molecule has 4 nitrogen and oxygen atoms in total. The zero-order chi connectivity index (χ0) is 14.9. The van der Waals surface area contributed by atoms with Crippen LogP contribution in [-0.2, 0) is 16.0 Å². The Morgan fingerprint density at radius 3 is 2.76 bits per heavy atom. The summed E-state index contributed by atoms with van der Waals surface area (Å²) in [7, 11) is 0. The highest BCUT2D eigenvalue weighted by Gasteiger charge is 2.51. The average molecular weight is 306 g/mol. The maximum atomic E-state index is 12.6. The SMILES string of the molecule is CC1NC(=O)C2(CCCCC2)N(CCc2cccs2)C1=O. The van der Waals surface area contributed by atoms with Crippen LogP contribution in [0.2, 0.25) is 0 Å². The summed E-state index contributed by atoms with van der Waals surface area (Å²) in [4.78, 5) is 28.4. The number of piperazine rings is 1. The van der Waals surface area contributed by atoms with Crippen molar-refractivity contribution < 1.29 is 9.59 Å². The van der Waals surface area contributed by atoms with Crippen LogP contribution in [0.25, 0.3) is 0 Å². The van der Waals surface area contributed by atoms with Gasteiger partial charge in [0.1, 0.15) is 11.6 Å². The monoisotopic (exact) mass is 306 g/mol. The molecule has 21 heavy (non-hydrogen) atoms. The Hall–Kier alpha value is -1.36. The van der Waals surface area contributed by atoms with Gasteiger partial charge in [-0.1, -0.05) is 25.3 Å². The molecule has 2 amide bonds. The number of carbonyl (C=O) groups is 2. The number of nitrogens with one attached hydrogen (secondary N) is 1. The van der Waals surface area contributed by atoms with Crippen LogP contribution >= 0.6 is 11.3 Å². The molecule has 114 valence electrons. The van der Waals surface area contributed by atoms with Gasteiger partial charge in [-0.2, -0.15) is 0 Å². The van der Waals surface area contributed by atoms with Crippen molar-refractivity contribution in [1.29, 1.82) is 0 Å². The Morgan fingerprint density at radius 1 is 1.33 bits per heavy atom. The molecule has 0 bridgehead atoms. The van der Waals surface area contributed by atoms with E-state index in [9.17, 15) is 9.59 Å². The summed E-state index contributed by atoms with van der Waals surface area (Å²) in [6, 6.07) is 3.73. The third-order valence-electron chi connectivity index (χ3n) is 4.77. The fourth-order valence-corrected chi connectivity index (χ4v) is 4.29. The zero-order valence-corrected chi connectivity index (χ0v) is 13.2. The van der Waals surface area contributed by atoms with Crippen LogP contribution < -0.4 is 5.32 Å². The van der Waals surface area contributed by atoms with Gasteiger partial charge < -0.3 is 10.2 Å². The van der Waals surface area contributed by atoms with E-state index >= 15 is 0 Å². The summed E-state index contributed by atoms with van der Waals surface area (Å²) in [5.41, 5.74) is -0.584. The molecule has 1 aliphatic carbocycles. The molecule has 1 aromatic rings. The Morgan fingerprint density at radius 2 is 2.10 bits per heavy atom. The van der Waals surface area contributed by atoms with Crippen LogP contribution in [0, 0.1) is 0 Å². The molecular weight excluding hydrogens is 284 g/mol. The molecule has 1 unspecified atom stereocenters. The van der Waals surface area contributed by atoms with E-state index in [1.807, 2.05) is 11.0 Å². The van der Waals surface area contributed by atoms with Crippen molar-refractivity contribution in [3.63, 3.8) is 0 Å². The van der Waals surface area contributed by atoms with Crippen LogP contribution in [0.5, 0.6) is 0 Å². The lowest BCUT2D eigenvalue weighted by Crippen LogP contribution is -2.70. The van der Waals surface area contributed by atoms with E-state index in [0.29, 0.717) is 6.54 Å². The van der Waals surface area contributed by atoms with Crippen molar-refractivity contribution in [1.82, 2.24) is 10.2 Å². The summed E-state index contributed by atoms with van der Waals surface area (Å²) in [6.45, 7) is 2.44. The number of hydrogen-bond donors (Lipinski definition) is 1. The number of rotatable bonds is 3. The smallest absolute Gasteiger partial charge is 0.246 e. The molecule has 1 spiro atoms. The molecule has 1 aromatic heterocycles. The predicted molar refractivity (Wildman–Crippen MR) is 83.2 cm³/mol. The van der Waals surface area contributed by atoms with Crippen molar-refractivity contribution in [3.8, 4) is 0 Å². The molecule has 5 heteroatoms. The average Bonchev–Trinajstić information content (AvgIpc) is 3.00. The van der Waals surface area contributed by atoms with E-state index in [4.69, 9.17) is 0 Å². The molecule has 2 heterocycles. The minimum atomic E-state index is -0.584. The van der Waals surface area contributed by atoms with E-state index in [2.05, 4.69) is 16.8 Å². The Kier molecular flexibility index (Phi) is 4.02. The summed E-state index contributed by atoms with van der Waals surface area (Å²) in [6.07, 6.45) is 5.68. The maximum absolute atomic E-state index is 12.6. The molecular formula is C16H22N2O2S. The van der Waals surface area contributed by atoms with Gasteiger partial charge in [0.25, 0.3) is 0 Å². The summed E-state index contributed by atoms with van der Waals surface area (Å²) < 4.78 is 0. The largest absolute Gasteiger partial charge is 0.343 e. The highest BCUT2D eigenvalue weighted by Crippen LogP contribution is 2.36. The van der Waals surface area contributed by atoms with Crippen molar-refractivity contribution >= 4 is 23.2 Å². The van der Waals surface area contributed by atoms with Gasteiger partial charge in [-0.15, -0.1) is 11.3 Å². The van der Waals surface area contributed by atoms with E-state index in [0.717, 1.165) is 38.5 Å².